The average molecular weight is 479 g/mol. The Morgan fingerprint density at radius 3 is 2.55 bits per heavy atom. The number of hydrogen-bond donors (Lipinski definition) is 2. The maximum atomic E-state index is 15.7. The number of carbonyl (C=O) groups is 1. The molecular weight excluding hydrogens is 454 g/mol. The van der Waals surface area contributed by atoms with Crippen LogP contribution in [-0.4, -0.2) is 39.6 Å². The third-order valence-corrected chi connectivity index (χ3v) is 6.80. The molecule has 11 heteroatoms. The molecule has 3 aromatic heterocycles. The number of nitrogens with zero attached hydrogens (tertiary/aromatic N) is 3. The van der Waals surface area contributed by atoms with Gasteiger partial charge in [0.2, 0.25) is 5.95 Å². The molecule has 3 aromatic rings. The van der Waals surface area contributed by atoms with E-state index in [1.165, 1.54) is 24.4 Å². The van der Waals surface area contributed by atoms with Crippen molar-refractivity contribution < 1.29 is 27.1 Å². The highest BCUT2D eigenvalue weighted by atomic mass is 32.2. The number of carboxylic acid groups (broad SMARTS) is 1. The van der Waals surface area contributed by atoms with Crippen LogP contribution in [0, 0.1) is 24.1 Å². The van der Waals surface area contributed by atoms with E-state index in [1.54, 1.807) is 27.7 Å². The minimum absolute atomic E-state index is 0.0916. The highest BCUT2D eigenvalue weighted by Gasteiger charge is 2.32. The Morgan fingerprint density at radius 2 is 1.97 bits per heavy atom. The first kappa shape index (κ1) is 24.3. The van der Waals surface area contributed by atoms with Crippen LogP contribution in [-0.2, 0) is 16.4 Å². The average Bonchev–Trinajstić information content (AvgIpc) is 3.04. The fraction of sp³-hybridized carbons (Fsp3) is 0.318. The highest BCUT2D eigenvalue weighted by molar-refractivity contribution is 7.90. The lowest BCUT2D eigenvalue weighted by Gasteiger charge is -2.30. The lowest BCUT2D eigenvalue weighted by molar-refractivity contribution is 0.174. The van der Waals surface area contributed by atoms with Crippen LogP contribution in [0.4, 0.5) is 13.6 Å². The summed E-state index contributed by atoms with van der Waals surface area (Å²) in [6, 6.07) is 3.20. The second-order valence-electron chi connectivity index (χ2n) is 8.73. The van der Waals surface area contributed by atoms with Crippen molar-refractivity contribution in [3.63, 3.8) is 0 Å². The second kappa shape index (κ2) is 8.89. The summed E-state index contributed by atoms with van der Waals surface area (Å²) in [5, 5.41) is 11.6. The topological polar surface area (TPSA) is 114 Å². The Hall–Kier alpha value is -3.34. The molecule has 0 aromatic carbocycles. The summed E-state index contributed by atoms with van der Waals surface area (Å²) in [5.41, 5.74) is -1.02. The quantitative estimate of drug-likeness (QED) is 0.518. The second-order valence-corrected chi connectivity index (χ2v) is 10.5. The predicted molar refractivity (Wildman–Crippen MR) is 117 cm³/mol. The van der Waals surface area contributed by atoms with Crippen LogP contribution >= 0.6 is 0 Å². The van der Waals surface area contributed by atoms with E-state index >= 15 is 4.39 Å². The van der Waals surface area contributed by atoms with Crippen LogP contribution in [0.15, 0.2) is 47.9 Å². The molecule has 0 fully saturated rings. The molecule has 3 heterocycles. The fourth-order valence-corrected chi connectivity index (χ4v) is 4.81. The van der Waals surface area contributed by atoms with Crippen LogP contribution in [0.2, 0.25) is 0 Å². The first-order chi connectivity index (χ1) is 15.3. The number of halogens is 2. The summed E-state index contributed by atoms with van der Waals surface area (Å²) >= 11 is 0. The highest BCUT2D eigenvalue weighted by Crippen LogP contribution is 2.34. The van der Waals surface area contributed by atoms with Gasteiger partial charge in [0.05, 0.1) is 5.56 Å². The van der Waals surface area contributed by atoms with Gasteiger partial charge >= 0.3 is 6.09 Å². The normalized spacial score (nSPS) is 13.0. The van der Waals surface area contributed by atoms with Crippen LogP contribution < -0.4 is 5.32 Å². The van der Waals surface area contributed by atoms with Gasteiger partial charge in [-0.3, -0.25) is 4.98 Å². The lowest BCUT2D eigenvalue weighted by atomic mass is 9.83. The van der Waals surface area contributed by atoms with Gasteiger partial charge in [-0.25, -0.2) is 26.6 Å². The molecule has 33 heavy (non-hydrogen) atoms. The van der Waals surface area contributed by atoms with E-state index in [-0.39, 0.29) is 22.4 Å². The van der Waals surface area contributed by atoms with E-state index < -0.39 is 45.0 Å². The van der Waals surface area contributed by atoms with E-state index in [1.807, 2.05) is 0 Å². The van der Waals surface area contributed by atoms with E-state index in [4.69, 9.17) is 0 Å². The summed E-state index contributed by atoms with van der Waals surface area (Å²) in [7, 11) is -4.37. The third kappa shape index (κ3) is 5.03. The van der Waals surface area contributed by atoms with Crippen LogP contribution in [0.3, 0.4) is 0 Å². The molecule has 1 unspecified atom stereocenters. The molecule has 2 N–H and O–H groups in total. The molecular formula is C22H24F2N4O4S. The standard InChI is InChI=1S/C22H24F2N4O4S/c1-13-8-15(11-25-10-13)33(31,32)28-12-14(9-17(22(2,3)4)27-21(29)30)18(23)19(28)16-6-5-7-26-20(16)24/h5-8,10-12,17,27H,9H2,1-4H3,(H,29,30). The van der Waals surface area contributed by atoms with Crippen LogP contribution in [0.1, 0.15) is 31.9 Å². The monoisotopic (exact) mass is 478 g/mol. The summed E-state index contributed by atoms with van der Waals surface area (Å²) in [4.78, 5) is 18.5. The number of pyridine rings is 2. The van der Waals surface area contributed by atoms with Gasteiger partial charge in [-0.05, 0) is 42.5 Å². The number of aromatic nitrogens is 3. The number of aryl methyl sites for hydroxylation is 1. The minimum atomic E-state index is -4.37. The molecule has 0 aliphatic carbocycles. The van der Waals surface area contributed by atoms with Crippen molar-refractivity contribution in [1.29, 1.82) is 0 Å². The van der Waals surface area contributed by atoms with Gasteiger partial charge in [0.15, 0.2) is 5.82 Å². The van der Waals surface area contributed by atoms with Crippen LogP contribution in [0.5, 0.6) is 0 Å². The largest absolute Gasteiger partial charge is 0.465 e. The van der Waals surface area contributed by atoms with Gasteiger partial charge in [-0.15, -0.1) is 0 Å². The van der Waals surface area contributed by atoms with E-state index in [0.717, 1.165) is 18.6 Å². The molecule has 3 rings (SSSR count). The van der Waals surface area contributed by atoms with Gasteiger partial charge in [0, 0.05) is 36.4 Å². The molecule has 1 amide bonds. The van der Waals surface area contributed by atoms with E-state index in [2.05, 4.69) is 15.3 Å². The van der Waals surface area contributed by atoms with Gasteiger partial charge < -0.3 is 10.4 Å². The Kier molecular flexibility index (Phi) is 6.55. The third-order valence-electron chi connectivity index (χ3n) is 5.17. The number of amides is 1. The number of rotatable bonds is 6. The first-order valence-electron chi connectivity index (χ1n) is 9.99. The Morgan fingerprint density at radius 1 is 1.27 bits per heavy atom. The Balaban J connectivity index is 2.25. The van der Waals surface area contributed by atoms with Gasteiger partial charge in [0.1, 0.15) is 10.6 Å². The van der Waals surface area contributed by atoms with E-state index in [9.17, 15) is 22.7 Å². The summed E-state index contributed by atoms with van der Waals surface area (Å²) in [6.07, 6.45) is 3.34. The zero-order chi connectivity index (χ0) is 24.6. The van der Waals surface area contributed by atoms with Crippen molar-refractivity contribution >= 4 is 16.1 Å². The number of hydrogen-bond acceptors (Lipinski definition) is 5. The van der Waals surface area contributed by atoms with Crippen molar-refractivity contribution in [1.82, 2.24) is 19.3 Å². The van der Waals surface area contributed by atoms with Crippen molar-refractivity contribution in [2.45, 2.75) is 45.1 Å². The minimum Gasteiger partial charge on any atom is -0.465 e. The molecule has 8 nitrogen and oxygen atoms in total. The van der Waals surface area contributed by atoms with Crippen molar-refractivity contribution in [3.8, 4) is 11.3 Å². The van der Waals surface area contributed by atoms with Crippen molar-refractivity contribution in [3.05, 3.63) is 65.9 Å². The smallest absolute Gasteiger partial charge is 0.404 e. The SMILES string of the molecule is Cc1cncc(S(=O)(=O)n2cc(CC(NC(=O)O)C(C)(C)C)c(F)c2-c2cccnc2F)c1. The predicted octanol–water partition coefficient (Wildman–Crippen LogP) is 3.99. The molecule has 0 aliphatic rings. The number of nitrogens with one attached hydrogen (secondary N) is 1. The summed E-state index contributed by atoms with van der Waals surface area (Å²) in [6.45, 7) is 6.94. The molecule has 1 atom stereocenters. The van der Waals surface area contributed by atoms with Gasteiger partial charge in [-0.2, -0.15) is 4.39 Å². The Labute approximate surface area is 190 Å². The first-order valence-corrected chi connectivity index (χ1v) is 11.4. The van der Waals surface area contributed by atoms with E-state index in [0.29, 0.717) is 9.54 Å². The molecule has 176 valence electrons. The van der Waals surface area contributed by atoms with Gasteiger partial charge in [-0.1, -0.05) is 20.8 Å². The van der Waals surface area contributed by atoms with Gasteiger partial charge in [0.25, 0.3) is 10.0 Å². The molecule has 0 saturated heterocycles. The molecule has 0 bridgehead atoms. The fourth-order valence-electron chi connectivity index (χ4n) is 3.37. The van der Waals surface area contributed by atoms with Crippen molar-refractivity contribution in [2.24, 2.45) is 5.41 Å². The molecule has 0 aliphatic heterocycles. The lowest BCUT2D eigenvalue weighted by Crippen LogP contribution is -2.44. The maximum absolute atomic E-state index is 15.7. The van der Waals surface area contributed by atoms with Crippen molar-refractivity contribution in [2.75, 3.05) is 0 Å². The zero-order valence-corrected chi connectivity index (χ0v) is 19.3. The molecule has 0 spiro atoms. The maximum Gasteiger partial charge on any atom is 0.404 e. The molecule has 0 saturated carbocycles. The Bertz CT molecular complexity index is 1300. The summed E-state index contributed by atoms with van der Waals surface area (Å²) < 4.78 is 57.7. The van der Waals surface area contributed by atoms with Crippen LogP contribution in [0.25, 0.3) is 11.3 Å². The summed E-state index contributed by atoms with van der Waals surface area (Å²) in [5.74, 6) is -2.02. The molecule has 0 radical (unpaired) electrons. The zero-order valence-electron chi connectivity index (χ0n) is 18.5.